The summed E-state index contributed by atoms with van der Waals surface area (Å²) in [7, 11) is 0. The highest BCUT2D eigenvalue weighted by Gasteiger charge is 2.33. The summed E-state index contributed by atoms with van der Waals surface area (Å²) in [6, 6.07) is 19.7. The molecule has 1 aliphatic rings. The minimum atomic E-state index is -0.988. The van der Waals surface area contributed by atoms with E-state index >= 15 is 0 Å². The molecule has 190 valence electrons. The fourth-order valence-corrected chi connectivity index (χ4v) is 4.80. The number of carboxylic acid groups (broad SMARTS) is 1. The fraction of sp³-hybridized carbons (Fsp3) is 0.393. The van der Waals surface area contributed by atoms with Crippen LogP contribution in [0.15, 0.2) is 60.7 Å². The number of ether oxygens (including phenoxy) is 2. The van der Waals surface area contributed by atoms with Crippen molar-refractivity contribution in [1.82, 2.24) is 15.5 Å². The first-order chi connectivity index (χ1) is 17.3. The van der Waals surface area contributed by atoms with E-state index in [1.54, 1.807) is 19.1 Å². The van der Waals surface area contributed by atoms with Crippen LogP contribution in [-0.4, -0.2) is 38.6 Å². The van der Waals surface area contributed by atoms with Crippen molar-refractivity contribution >= 4 is 6.09 Å². The maximum Gasteiger partial charge on any atom is 0.404 e. The number of nitrogens with zero attached hydrogens (tertiary/aromatic N) is 2. The van der Waals surface area contributed by atoms with Crippen LogP contribution >= 0.6 is 0 Å². The van der Waals surface area contributed by atoms with Crippen LogP contribution in [0.5, 0.6) is 17.4 Å². The highest BCUT2D eigenvalue weighted by molar-refractivity contribution is 5.65. The van der Waals surface area contributed by atoms with Crippen molar-refractivity contribution in [2.24, 2.45) is 0 Å². The van der Waals surface area contributed by atoms with Crippen LogP contribution in [0.25, 0.3) is 0 Å². The summed E-state index contributed by atoms with van der Waals surface area (Å²) in [5.74, 6) is 1.83. The van der Waals surface area contributed by atoms with Crippen molar-refractivity contribution in [1.29, 1.82) is 0 Å². The van der Waals surface area contributed by atoms with Gasteiger partial charge in [-0.05, 0) is 61.2 Å². The van der Waals surface area contributed by atoms with Gasteiger partial charge in [0, 0.05) is 30.4 Å². The summed E-state index contributed by atoms with van der Waals surface area (Å²) in [5, 5.41) is 28.9. The van der Waals surface area contributed by atoms with Gasteiger partial charge >= 0.3 is 6.09 Å². The molecule has 0 aliphatic heterocycles. The van der Waals surface area contributed by atoms with E-state index in [-0.39, 0.29) is 17.6 Å². The Bertz CT molecular complexity index is 1140. The number of aliphatic hydroxyl groups is 1. The molecule has 1 unspecified atom stereocenters. The number of carbonyl (C=O) groups is 1. The van der Waals surface area contributed by atoms with E-state index in [4.69, 9.17) is 14.6 Å². The van der Waals surface area contributed by atoms with Gasteiger partial charge in [-0.2, -0.15) is 0 Å². The Kier molecular flexibility index (Phi) is 7.74. The van der Waals surface area contributed by atoms with Gasteiger partial charge in [0.05, 0.1) is 11.8 Å². The van der Waals surface area contributed by atoms with E-state index in [0.29, 0.717) is 30.2 Å². The molecule has 0 spiro atoms. The van der Waals surface area contributed by atoms with E-state index in [0.717, 1.165) is 18.6 Å². The zero-order chi connectivity index (χ0) is 25.7. The Balaban J connectivity index is 1.43. The number of rotatable bonds is 10. The van der Waals surface area contributed by atoms with E-state index < -0.39 is 12.2 Å². The van der Waals surface area contributed by atoms with Gasteiger partial charge in [-0.15, -0.1) is 10.2 Å². The number of aromatic nitrogens is 2. The Morgan fingerprint density at radius 1 is 0.972 bits per heavy atom. The standard InChI is InChI=1S/C28H33N3O5/c1-4-28(5-2,19-6-10-22(11-7-19)35-24-16-21(17-24)29-27(33)34)20-8-12-23(13-9-20)36-26-15-14-25(18(3)32)30-31-26/h6-15,18,21,24,29,32H,4-5,16-17H2,1-3H3,(H,33,34)/t18?,21-,24-. The molecular weight excluding hydrogens is 458 g/mol. The molecule has 1 aromatic heterocycles. The van der Waals surface area contributed by atoms with Gasteiger partial charge in [0.2, 0.25) is 5.88 Å². The number of hydrogen-bond donors (Lipinski definition) is 3. The molecule has 1 atom stereocenters. The van der Waals surface area contributed by atoms with Crippen molar-refractivity contribution in [2.45, 2.75) is 70.1 Å². The maximum absolute atomic E-state index is 10.7. The number of amides is 1. The van der Waals surface area contributed by atoms with Crippen LogP contribution in [0.3, 0.4) is 0 Å². The monoisotopic (exact) mass is 491 g/mol. The predicted molar refractivity (Wildman–Crippen MR) is 136 cm³/mol. The normalized spacial score (nSPS) is 18.1. The molecule has 1 aliphatic carbocycles. The number of hydrogen-bond acceptors (Lipinski definition) is 6. The van der Waals surface area contributed by atoms with Gasteiger partial charge in [0.25, 0.3) is 0 Å². The summed E-state index contributed by atoms with van der Waals surface area (Å²) in [4.78, 5) is 10.7. The topological polar surface area (TPSA) is 114 Å². The Morgan fingerprint density at radius 3 is 2.03 bits per heavy atom. The van der Waals surface area contributed by atoms with E-state index in [9.17, 15) is 9.90 Å². The molecule has 36 heavy (non-hydrogen) atoms. The van der Waals surface area contributed by atoms with E-state index in [1.807, 2.05) is 24.3 Å². The summed E-state index contributed by atoms with van der Waals surface area (Å²) in [5.41, 5.74) is 2.76. The molecule has 1 saturated carbocycles. The Morgan fingerprint density at radius 2 is 1.56 bits per heavy atom. The molecule has 1 heterocycles. The fourth-order valence-electron chi connectivity index (χ4n) is 4.80. The van der Waals surface area contributed by atoms with Gasteiger partial charge in [0.15, 0.2) is 0 Å². The lowest BCUT2D eigenvalue weighted by Crippen LogP contribution is -2.48. The quantitative estimate of drug-likeness (QED) is 0.338. The van der Waals surface area contributed by atoms with Gasteiger partial charge in [-0.1, -0.05) is 38.1 Å². The van der Waals surface area contributed by atoms with Crippen molar-refractivity contribution in [3.63, 3.8) is 0 Å². The van der Waals surface area contributed by atoms with Gasteiger partial charge < -0.3 is 25.0 Å². The Labute approximate surface area is 211 Å². The average molecular weight is 492 g/mol. The van der Waals surface area contributed by atoms with Crippen molar-refractivity contribution in [3.8, 4) is 17.4 Å². The predicted octanol–water partition coefficient (Wildman–Crippen LogP) is 5.61. The molecule has 4 rings (SSSR count). The van der Waals surface area contributed by atoms with Crippen molar-refractivity contribution in [2.75, 3.05) is 0 Å². The largest absolute Gasteiger partial charge is 0.490 e. The van der Waals surface area contributed by atoms with Crippen LogP contribution in [0.2, 0.25) is 0 Å². The molecule has 8 heteroatoms. The third-order valence-electron chi connectivity index (χ3n) is 7.06. The van der Waals surface area contributed by atoms with Crippen molar-refractivity contribution < 1.29 is 24.5 Å². The maximum atomic E-state index is 10.7. The van der Waals surface area contributed by atoms with Crippen LogP contribution in [0.1, 0.15) is 69.4 Å². The third-order valence-corrected chi connectivity index (χ3v) is 7.06. The summed E-state index contributed by atoms with van der Waals surface area (Å²) < 4.78 is 11.9. The molecule has 0 bridgehead atoms. The lowest BCUT2D eigenvalue weighted by Gasteiger charge is -2.35. The lowest BCUT2D eigenvalue weighted by atomic mass is 9.70. The second-order valence-corrected chi connectivity index (χ2v) is 9.27. The van der Waals surface area contributed by atoms with Gasteiger partial charge in [-0.25, -0.2) is 4.79 Å². The number of benzene rings is 2. The van der Waals surface area contributed by atoms with E-state index in [1.165, 1.54) is 11.1 Å². The van der Waals surface area contributed by atoms with Crippen LogP contribution in [0, 0.1) is 0 Å². The minimum absolute atomic E-state index is 0.0257. The second kappa shape index (κ2) is 11.0. The lowest BCUT2D eigenvalue weighted by molar-refractivity contribution is 0.0833. The highest BCUT2D eigenvalue weighted by Crippen LogP contribution is 2.40. The number of aliphatic hydroxyl groups excluding tert-OH is 1. The summed E-state index contributed by atoms with van der Waals surface area (Å²) in [6.45, 7) is 6.03. The number of nitrogens with one attached hydrogen (secondary N) is 1. The molecule has 3 N–H and O–H groups in total. The van der Waals surface area contributed by atoms with Gasteiger partial charge in [-0.3, -0.25) is 0 Å². The van der Waals surface area contributed by atoms with Crippen LogP contribution in [-0.2, 0) is 5.41 Å². The van der Waals surface area contributed by atoms with Crippen LogP contribution < -0.4 is 14.8 Å². The van der Waals surface area contributed by atoms with Crippen molar-refractivity contribution in [3.05, 3.63) is 77.5 Å². The molecule has 0 saturated heterocycles. The Hall–Kier alpha value is -3.65. The first-order valence-electron chi connectivity index (χ1n) is 12.4. The van der Waals surface area contributed by atoms with E-state index in [2.05, 4.69) is 53.6 Å². The zero-order valence-electron chi connectivity index (χ0n) is 20.8. The molecule has 3 aromatic rings. The van der Waals surface area contributed by atoms with Crippen LogP contribution in [0.4, 0.5) is 4.79 Å². The smallest absolute Gasteiger partial charge is 0.404 e. The summed E-state index contributed by atoms with van der Waals surface area (Å²) >= 11 is 0. The first kappa shape index (κ1) is 25.4. The average Bonchev–Trinajstić information content (AvgIpc) is 2.85. The highest BCUT2D eigenvalue weighted by atomic mass is 16.5. The SMILES string of the molecule is CCC(CC)(c1ccc(Oc2ccc(C(C)O)nn2)cc1)c1ccc(O[C@H]2C[C@H](NC(=O)O)C2)cc1. The molecule has 8 nitrogen and oxygen atoms in total. The third kappa shape index (κ3) is 5.60. The summed E-state index contributed by atoms with van der Waals surface area (Å²) in [6.07, 6.45) is 1.62. The molecule has 1 fully saturated rings. The first-order valence-corrected chi connectivity index (χ1v) is 12.4. The molecule has 0 radical (unpaired) electrons. The zero-order valence-corrected chi connectivity index (χ0v) is 20.8. The second-order valence-electron chi connectivity index (χ2n) is 9.27. The molecular formula is C28H33N3O5. The van der Waals surface area contributed by atoms with Gasteiger partial charge in [0.1, 0.15) is 17.6 Å². The molecule has 2 aromatic carbocycles. The minimum Gasteiger partial charge on any atom is -0.490 e. The molecule has 1 amide bonds.